The fourth-order valence-electron chi connectivity index (χ4n) is 4.94. The van der Waals surface area contributed by atoms with Crippen molar-refractivity contribution in [2.45, 2.75) is 12.5 Å². The maximum absolute atomic E-state index is 13.1. The van der Waals surface area contributed by atoms with Crippen LogP contribution >= 0.6 is 0 Å². The van der Waals surface area contributed by atoms with E-state index in [1.54, 1.807) is 22.9 Å². The summed E-state index contributed by atoms with van der Waals surface area (Å²) < 4.78 is 7.60. The number of hydrogen-bond donors (Lipinski definition) is 1. The summed E-state index contributed by atoms with van der Waals surface area (Å²) in [7, 11) is 2.16. The number of anilines is 3. The number of hydrogen-bond acceptors (Lipinski definition) is 7. The van der Waals surface area contributed by atoms with Gasteiger partial charge in [-0.05, 0) is 43.4 Å². The lowest BCUT2D eigenvalue weighted by atomic mass is 10.00. The topological polar surface area (TPSA) is 75.5 Å². The molecule has 2 aliphatic rings. The average Bonchev–Trinajstić information content (AvgIpc) is 2.89. The van der Waals surface area contributed by atoms with Crippen molar-refractivity contribution in [3.05, 3.63) is 82.8 Å². The summed E-state index contributed by atoms with van der Waals surface area (Å²) in [5.74, 6) is 1.28. The molecule has 2 aliphatic heterocycles. The molecule has 4 heterocycles. The van der Waals surface area contributed by atoms with Crippen LogP contribution in [0.2, 0.25) is 0 Å². The minimum Gasteiger partial charge on any atom is -0.493 e. The van der Waals surface area contributed by atoms with E-state index in [4.69, 9.17) is 9.72 Å². The van der Waals surface area contributed by atoms with Crippen LogP contribution in [0.3, 0.4) is 0 Å². The van der Waals surface area contributed by atoms with Crippen LogP contribution in [-0.2, 0) is 0 Å². The number of benzene rings is 2. The third-order valence-corrected chi connectivity index (χ3v) is 6.90. The molecule has 2 aromatic heterocycles. The molecule has 1 atom stereocenters. The maximum atomic E-state index is 13.1. The summed E-state index contributed by atoms with van der Waals surface area (Å²) in [5.41, 5.74) is 3.66. The molecule has 0 amide bonds. The van der Waals surface area contributed by atoms with Gasteiger partial charge in [-0.15, -0.1) is 0 Å². The zero-order valence-electron chi connectivity index (χ0n) is 19.7. The first-order chi connectivity index (χ1) is 17.2. The van der Waals surface area contributed by atoms with E-state index in [1.807, 2.05) is 36.4 Å². The molecule has 0 saturated carbocycles. The number of nitrogens with one attached hydrogen (secondary N) is 1. The van der Waals surface area contributed by atoms with Crippen molar-refractivity contribution in [2.24, 2.45) is 0 Å². The number of nitrogens with zero attached hydrogens (tertiary/aromatic N) is 5. The van der Waals surface area contributed by atoms with Crippen molar-refractivity contribution in [1.29, 1.82) is 0 Å². The molecule has 0 spiro atoms. The van der Waals surface area contributed by atoms with Gasteiger partial charge in [0, 0.05) is 67.2 Å². The van der Waals surface area contributed by atoms with Crippen molar-refractivity contribution >= 4 is 28.4 Å². The Morgan fingerprint density at radius 1 is 0.971 bits per heavy atom. The van der Waals surface area contributed by atoms with Gasteiger partial charge in [0.05, 0.1) is 12.6 Å². The molecule has 8 heteroatoms. The molecular weight excluding hydrogens is 440 g/mol. The molecule has 2 aromatic carbocycles. The number of piperazine rings is 1. The van der Waals surface area contributed by atoms with Gasteiger partial charge in [-0.3, -0.25) is 9.36 Å². The van der Waals surface area contributed by atoms with E-state index in [9.17, 15) is 4.79 Å². The first-order valence-electron chi connectivity index (χ1n) is 12.1. The monoisotopic (exact) mass is 468 g/mol. The summed E-state index contributed by atoms with van der Waals surface area (Å²) in [4.78, 5) is 27.1. The number of rotatable bonds is 4. The Kier molecular flexibility index (Phi) is 5.58. The van der Waals surface area contributed by atoms with Gasteiger partial charge < -0.3 is 19.9 Å². The van der Waals surface area contributed by atoms with Crippen LogP contribution in [0.25, 0.3) is 11.0 Å². The lowest BCUT2D eigenvalue weighted by molar-refractivity contribution is 0.256. The predicted octanol–water partition coefficient (Wildman–Crippen LogP) is 3.66. The Morgan fingerprint density at radius 2 is 1.77 bits per heavy atom. The van der Waals surface area contributed by atoms with Crippen molar-refractivity contribution in [3.63, 3.8) is 0 Å². The number of para-hydroxylation sites is 1. The number of pyridine rings is 1. The molecule has 4 aromatic rings. The van der Waals surface area contributed by atoms with E-state index in [-0.39, 0.29) is 11.6 Å². The van der Waals surface area contributed by atoms with Crippen molar-refractivity contribution in [3.8, 4) is 5.75 Å². The summed E-state index contributed by atoms with van der Waals surface area (Å²) in [6.45, 7) is 4.77. The smallest absolute Gasteiger partial charge is 0.252 e. The average molecular weight is 469 g/mol. The molecule has 35 heavy (non-hydrogen) atoms. The van der Waals surface area contributed by atoms with Gasteiger partial charge in [0.15, 0.2) is 0 Å². The van der Waals surface area contributed by atoms with Gasteiger partial charge in [0.1, 0.15) is 11.4 Å². The molecule has 178 valence electrons. The molecule has 1 unspecified atom stereocenters. The van der Waals surface area contributed by atoms with Gasteiger partial charge in [-0.2, -0.15) is 4.98 Å². The summed E-state index contributed by atoms with van der Waals surface area (Å²) >= 11 is 0. The molecule has 1 saturated heterocycles. The number of fused-ring (bicyclic) bond motifs is 2. The van der Waals surface area contributed by atoms with Crippen molar-refractivity contribution in [2.75, 3.05) is 50.1 Å². The second-order valence-corrected chi connectivity index (χ2v) is 9.17. The summed E-state index contributed by atoms with van der Waals surface area (Å²) in [5, 5.41) is 4.14. The third kappa shape index (κ3) is 4.21. The zero-order valence-corrected chi connectivity index (χ0v) is 19.7. The molecule has 0 bridgehead atoms. The van der Waals surface area contributed by atoms with Crippen molar-refractivity contribution in [1.82, 2.24) is 19.4 Å². The minimum atomic E-state index is -0.137. The Morgan fingerprint density at radius 3 is 2.60 bits per heavy atom. The Hall–Kier alpha value is -3.91. The normalized spacial score (nSPS) is 18.2. The highest BCUT2D eigenvalue weighted by molar-refractivity contribution is 5.76. The lowest BCUT2D eigenvalue weighted by Gasteiger charge is -2.34. The van der Waals surface area contributed by atoms with Crippen LogP contribution in [-0.4, -0.2) is 59.3 Å². The van der Waals surface area contributed by atoms with Gasteiger partial charge in [-0.25, -0.2) is 4.98 Å². The maximum Gasteiger partial charge on any atom is 0.252 e. The van der Waals surface area contributed by atoms with E-state index >= 15 is 0 Å². The molecule has 8 nitrogen and oxygen atoms in total. The minimum absolute atomic E-state index is 0.0830. The standard InChI is InChI=1S/C27H28N6O2/c1-31-13-15-32(16-14-31)21-9-7-20(8-10-21)29-27-28-18-19-6-11-25(34)33(26(19)30-27)23-12-17-35-24-5-3-2-4-22(23)24/h2-11,18,23H,12-17H2,1H3,(H,28,29,30). The van der Waals surface area contributed by atoms with E-state index in [0.717, 1.165) is 48.6 Å². The SMILES string of the molecule is CN1CCN(c2ccc(Nc3ncc4ccc(=O)n(C5CCOc6ccccc65)c4n3)cc2)CC1. The van der Waals surface area contributed by atoms with Gasteiger partial charge in [-0.1, -0.05) is 18.2 Å². The zero-order chi connectivity index (χ0) is 23.8. The van der Waals surface area contributed by atoms with Crippen LogP contribution in [0, 0.1) is 0 Å². The second kappa shape index (κ2) is 9.03. The van der Waals surface area contributed by atoms with Crippen LogP contribution < -0.4 is 20.5 Å². The molecule has 0 aliphatic carbocycles. The van der Waals surface area contributed by atoms with Crippen LogP contribution in [0.15, 0.2) is 71.7 Å². The molecule has 0 radical (unpaired) electrons. The van der Waals surface area contributed by atoms with E-state index in [1.165, 1.54) is 5.69 Å². The Labute approximate surface area is 203 Å². The van der Waals surface area contributed by atoms with Gasteiger partial charge >= 0.3 is 0 Å². The van der Waals surface area contributed by atoms with Gasteiger partial charge in [0.2, 0.25) is 5.95 Å². The van der Waals surface area contributed by atoms with E-state index < -0.39 is 0 Å². The highest BCUT2D eigenvalue weighted by atomic mass is 16.5. The number of likely N-dealkylation sites (N-methyl/N-ethyl adjacent to an activating group) is 1. The van der Waals surface area contributed by atoms with E-state index in [0.29, 0.717) is 24.6 Å². The fraction of sp³-hybridized carbons (Fsp3) is 0.296. The lowest BCUT2D eigenvalue weighted by Crippen LogP contribution is -2.44. The van der Waals surface area contributed by atoms with Crippen LogP contribution in [0.5, 0.6) is 5.75 Å². The summed E-state index contributed by atoms with van der Waals surface area (Å²) in [6.07, 6.45) is 2.47. The first-order valence-corrected chi connectivity index (χ1v) is 12.1. The third-order valence-electron chi connectivity index (χ3n) is 6.90. The quantitative estimate of drug-likeness (QED) is 0.490. The molecule has 1 N–H and O–H groups in total. The van der Waals surface area contributed by atoms with E-state index in [2.05, 4.69) is 39.3 Å². The highest BCUT2D eigenvalue weighted by Gasteiger charge is 2.25. The Balaban J connectivity index is 1.31. The highest BCUT2D eigenvalue weighted by Crippen LogP contribution is 2.35. The molecule has 6 rings (SSSR count). The Bertz CT molecular complexity index is 1410. The van der Waals surface area contributed by atoms with Gasteiger partial charge in [0.25, 0.3) is 5.56 Å². The molecule has 1 fully saturated rings. The fourth-order valence-corrected chi connectivity index (χ4v) is 4.94. The number of aromatic nitrogens is 3. The largest absolute Gasteiger partial charge is 0.493 e. The predicted molar refractivity (Wildman–Crippen MR) is 138 cm³/mol. The van der Waals surface area contributed by atoms with Crippen LogP contribution in [0.1, 0.15) is 18.0 Å². The van der Waals surface area contributed by atoms with Crippen LogP contribution in [0.4, 0.5) is 17.3 Å². The van der Waals surface area contributed by atoms with Crippen molar-refractivity contribution < 1.29 is 4.74 Å². The number of ether oxygens (including phenoxy) is 1. The first kappa shape index (κ1) is 21.6. The summed E-state index contributed by atoms with van der Waals surface area (Å²) in [6, 6.07) is 19.5. The molecular formula is C27H28N6O2. The second-order valence-electron chi connectivity index (χ2n) is 9.17.